The van der Waals surface area contributed by atoms with Crippen LogP contribution in [0, 0.1) is 12.8 Å². The standard InChI is InChI=1S/C16H28N4O/c1-13-18-16(19-21-13)12-20-9-5-8-15(11-20)17-10-14-6-3-2-4-7-14/h14-15,17H,2-12H2,1H3. The lowest BCUT2D eigenvalue weighted by Gasteiger charge is -2.33. The smallest absolute Gasteiger partial charge is 0.223 e. The van der Waals surface area contributed by atoms with Gasteiger partial charge in [0.2, 0.25) is 5.89 Å². The van der Waals surface area contributed by atoms with Crippen LogP contribution in [-0.4, -0.2) is 40.7 Å². The maximum absolute atomic E-state index is 5.06. The summed E-state index contributed by atoms with van der Waals surface area (Å²) in [6.07, 6.45) is 9.71. The minimum atomic E-state index is 0.633. The van der Waals surface area contributed by atoms with Crippen LogP contribution in [0.3, 0.4) is 0 Å². The second kappa shape index (κ2) is 7.36. The van der Waals surface area contributed by atoms with Gasteiger partial charge in [0, 0.05) is 19.5 Å². The molecule has 1 saturated carbocycles. The van der Waals surface area contributed by atoms with E-state index in [1.54, 1.807) is 0 Å². The third-order valence-corrected chi connectivity index (χ3v) is 4.86. The van der Waals surface area contributed by atoms with Gasteiger partial charge in [-0.05, 0) is 44.7 Å². The van der Waals surface area contributed by atoms with E-state index in [9.17, 15) is 0 Å². The predicted octanol–water partition coefficient (Wildman–Crippen LogP) is 2.51. The molecule has 1 aliphatic heterocycles. The fourth-order valence-electron chi connectivity index (χ4n) is 3.70. The lowest BCUT2D eigenvalue weighted by molar-refractivity contribution is 0.172. The molecule has 1 aromatic heterocycles. The van der Waals surface area contributed by atoms with Gasteiger partial charge in [0.15, 0.2) is 5.82 Å². The van der Waals surface area contributed by atoms with Gasteiger partial charge in [-0.1, -0.05) is 24.4 Å². The first-order valence-corrected chi connectivity index (χ1v) is 8.54. The Morgan fingerprint density at radius 1 is 1.19 bits per heavy atom. The van der Waals surface area contributed by atoms with Crippen molar-refractivity contribution >= 4 is 0 Å². The van der Waals surface area contributed by atoms with E-state index in [1.807, 2.05) is 6.92 Å². The Balaban J connectivity index is 1.42. The summed E-state index contributed by atoms with van der Waals surface area (Å²) in [5, 5.41) is 7.81. The first kappa shape index (κ1) is 15.0. The second-order valence-electron chi connectivity index (χ2n) is 6.72. The Labute approximate surface area is 127 Å². The number of rotatable bonds is 5. The molecule has 2 fully saturated rings. The molecular formula is C16H28N4O. The zero-order valence-corrected chi connectivity index (χ0v) is 13.2. The summed E-state index contributed by atoms with van der Waals surface area (Å²) in [5.41, 5.74) is 0. The van der Waals surface area contributed by atoms with Gasteiger partial charge in [-0.15, -0.1) is 0 Å². The summed E-state index contributed by atoms with van der Waals surface area (Å²) in [6.45, 7) is 6.13. The van der Waals surface area contributed by atoms with Crippen LogP contribution in [0.15, 0.2) is 4.52 Å². The van der Waals surface area contributed by atoms with Crippen LogP contribution in [0.2, 0.25) is 0 Å². The Kier molecular flexibility index (Phi) is 5.25. The van der Waals surface area contributed by atoms with E-state index in [0.717, 1.165) is 31.4 Å². The lowest BCUT2D eigenvalue weighted by atomic mass is 9.89. The summed E-state index contributed by atoms with van der Waals surface area (Å²) < 4.78 is 5.06. The van der Waals surface area contributed by atoms with Crippen molar-refractivity contribution in [1.29, 1.82) is 0 Å². The average Bonchev–Trinajstić information content (AvgIpc) is 2.92. The monoisotopic (exact) mass is 292 g/mol. The van der Waals surface area contributed by atoms with E-state index in [4.69, 9.17) is 4.52 Å². The van der Waals surface area contributed by atoms with E-state index in [1.165, 1.54) is 51.5 Å². The molecule has 1 atom stereocenters. The molecule has 0 aromatic carbocycles. The number of aromatic nitrogens is 2. The Morgan fingerprint density at radius 2 is 2.05 bits per heavy atom. The van der Waals surface area contributed by atoms with Crippen LogP contribution in [0.25, 0.3) is 0 Å². The molecule has 0 radical (unpaired) electrons. The average molecular weight is 292 g/mol. The number of nitrogens with one attached hydrogen (secondary N) is 1. The second-order valence-corrected chi connectivity index (χ2v) is 6.72. The summed E-state index contributed by atoms with van der Waals surface area (Å²) in [5.74, 6) is 2.39. The predicted molar refractivity (Wildman–Crippen MR) is 81.9 cm³/mol. The molecule has 0 bridgehead atoms. The van der Waals surface area contributed by atoms with Gasteiger partial charge in [-0.25, -0.2) is 0 Å². The molecule has 5 heteroatoms. The van der Waals surface area contributed by atoms with Crippen LogP contribution in [0.5, 0.6) is 0 Å². The van der Waals surface area contributed by atoms with Crippen molar-refractivity contribution in [3.8, 4) is 0 Å². The summed E-state index contributed by atoms with van der Waals surface area (Å²) >= 11 is 0. The van der Waals surface area contributed by atoms with Crippen LogP contribution in [0.1, 0.15) is 56.7 Å². The van der Waals surface area contributed by atoms with Gasteiger partial charge in [-0.2, -0.15) is 4.98 Å². The molecule has 1 aromatic rings. The topological polar surface area (TPSA) is 54.2 Å². The minimum absolute atomic E-state index is 0.633. The highest BCUT2D eigenvalue weighted by Gasteiger charge is 2.22. The van der Waals surface area contributed by atoms with Gasteiger partial charge >= 0.3 is 0 Å². The highest BCUT2D eigenvalue weighted by molar-refractivity contribution is 4.87. The number of nitrogens with zero attached hydrogens (tertiary/aromatic N) is 3. The zero-order chi connectivity index (χ0) is 14.5. The van der Waals surface area contributed by atoms with Crippen molar-refractivity contribution in [2.45, 2.75) is 64.5 Å². The number of piperidine rings is 1. The Morgan fingerprint density at radius 3 is 2.81 bits per heavy atom. The minimum Gasteiger partial charge on any atom is -0.340 e. The van der Waals surface area contributed by atoms with E-state index >= 15 is 0 Å². The van der Waals surface area contributed by atoms with Crippen molar-refractivity contribution in [3.63, 3.8) is 0 Å². The first-order chi connectivity index (χ1) is 10.3. The van der Waals surface area contributed by atoms with Gasteiger partial charge in [0.1, 0.15) is 0 Å². The molecule has 3 rings (SSSR count). The van der Waals surface area contributed by atoms with Crippen molar-refractivity contribution in [3.05, 3.63) is 11.7 Å². The SMILES string of the molecule is Cc1nc(CN2CCCC(NCC3CCCCC3)C2)no1. The van der Waals surface area contributed by atoms with Crippen molar-refractivity contribution in [2.24, 2.45) is 5.92 Å². The fourth-order valence-corrected chi connectivity index (χ4v) is 3.70. The van der Waals surface area contributed by atoms with Crippen LogP contribution < -0.4 is 5.32 Å². The summed E-state index contributed by atoms with van der Waals surface area (Å²) in [4.78, 5) is 6.76. The van der Waals surface area contributed by atoms with Crippen LogP contribution in [0.4, 0.5) is 0 Å². The maximum atomic E-state index is 5.06. The number of aryl methyl sites for hydroxylation is 1. The quantitative estimate of drug-likeness (QED) is 0.903. The van der Waals surface area contributed by atoms with Crippen molar-refractivity contribution in [2.75, 3.05) is 19.6 Å². The molecule has 21 heavy (non-hydrogen) atoms. The van der Waals surface area contributed by atoms with E-state index in [2.05, 4.69) is 20.4 Å². The van der Waals surface area contributed by atoms with Gasteiger partial charge in [-0.3, -0.25) is 4.90 Å². The van der Waals surface area contributed by atoms with Crippen molar-refractivity contribution in [1.82, 2.24) is 20.4 Å². The number of hydrogen-bond donors (Lipinski definition) is 1. The molecule has 2 heterocycles. The van der Waals surface area contributed by atoms with Gasteiger partial charge in [0.25, 0.3) is 0 Å². The highest BCUT2D eigenvalue weighted by Crippen LogP contribution is 2.23. The highest BCUT2D eigenvalue weighted by atomic mass is 16.5. The summed E-state index contributed by atoms with van der Waals surface area (Å²) in [7, 11) is 0. The first-order valence-electron chi connectivity index (χ1n) is 8.54. The molecule has 1 aliphatic carbocycles. The molecule has 1 unspecified atom stereocenters. The zero-order valence-electron chi connectivity index (χ0n) is 13.2. The third-order valence-electron chi connectivity index (χ3n) is 4.86. The van der Waals surface area contributed by atoms with Gasteiger partial charge < -0.3 is 9.84 Å². The normalized spacial score (nSPS) is 25.3. The molecule has 118 valence electrons. The Hall–Kier alpha value is -0.940. The molecule has 1 N–H and O–H groups in total. The van der Waals surface area contributed by atoms with Crippen LogP contribution in [-0.2, 0) is 6.54 Å². The van der Waals surface area contributed by atoms with Crippen molar-refractivity contribution < 1.29 is 4.52 Å². The molecule has 1 saturated heterocycles. The van der Waals surface area contributed by atoms with E-state index < -0.39 is 0 Å². The molecular weight excluding hydrogens is 264 g/mol. The molecule has 5 nitrogen and oxygen atoms in total. The molecule has 2 aliphatic rings. The number of hydrogen-bond acceptors (Lipinski definition) is 5. The van der Waals surface area contributed by atoms with Gasteiger partial charge in [0.05, 0.1) is 6.54 Å². The Bertz CT molecular complexity index is 428. The lowest BCUT2D eigenvalue weighted by Crippen LogP contribution is -2.46. The molecule has 0 spiro atoms. The third kappa shape index (κ3) is 4.51. The largest absolute Gasteiger partial charge is 0.340 e. The van der Waals surface area contributed by atoms with E-state index in [-0.39, 0.29) is 0 Å². The fraction of sp³-hybridized carbons (Fsp3) is 0.875. The number of likely N-dealkylation sites (tertiary alicyclic amines) is 1. The maximum Gasteiger partial charge on any atom is 0.223 e. The van der Waals surface area contributed by atoms with Crippen LogP contribution >= 0.6 is 0 Å². The molecule has 0 amide bonds. The van der Waals surface area contributed by atoms with E-state index in [0.29, 0.717) is 11.9 Å². The summed E-state index contributed by atoms with van der Waals surface area (Å²) in [6, 6.07) is 0.633.